The minimum atomic E-state index is 0.0783. The summed E-state index contributed by atoms with van der Waals surface area (Å²) >= 11 is 0. The van der Waals surface area contributed by atoms with E-state index in [1.165, 1.54) is 11.1 Å². The van der Waals surface area contributed by atoms with Crippen LogP contribution in [0.15, 0.2) is 48.5 Å². The summed E-state index contributed by atoms with van der Waals surface area (Å²) in [5.41, 5.74) is 4.66. The number of hydrogen-bond donors (Lipinski definition) is 2. The van der Waals surface area contributed by atoms with Crippen molar-refractivity contribution >= 4 is 11.6 Å². The number of carbonyl (C=O) groups is 1. The second-order valence-corrected chi connectivity index (χ2v) is 6.10. The van der Waals surface area contributed by atoms with Crippen molar-refractivity contribution in [2.75, 3.05) is 18.4 Å². The average Bonchev–Trinajstić information content (AvgIpc) is 2.60. The zero-order chi connectivity index (χ0) is 17.2. The van der Waals surface area contributed by atoms with Crippen LogP contribution in [0.1, 0.15) is 36.5 Å². The van der Waals surface area contributed by atoms with E-state index in [2.05, 4.69) is 47.9 Å². The van der Waals surface area contributed by atoms with Gasteiger partial charge in [0.15, 0.2) is 0 Å². The first-order valence-corrected chi connectivity index (χ1v) is 8.83. The van der Waals surface area contributed by atoms with E-state index in [4.69, 9.17) is 0 Å². The van der Waals surface area contributed by atoms with Gasteiger partial charge in [-0.25, -0.2) is 0 Å². The van der Waals surface area contributed by atoms with Crippen LogP contribution in [0, 0.1) is 6.92 Å². The lowest BCUT2D eigenvalue weighted by Gasteiger charge is -2.13. The Morgan fingerprint density at radius 2 is 1.79 bits per heavy atom. The normalized spacial score (nSPS) is 10.6. The topological polar surface area (TPSA) is 41.1 Å². The van der Waals surface area contributed by atoms with Gasteiger partial charge in [0.1, 0.15) is 0 Å². The Morgan fingerprint density at radius 1 is 1.00 bits per heavy atom. The smallest absolute Gasteiger partial charge is 0.225 e. The lowest BCUT2D eigenvalue weighted by molar-refractivity contribution is -0.116. The number of benzene rings is 2. The fourth-order valence-electron chi connectivity index (χ4n) is 2.79. The summed E-state index contributed by atoms with van der Waals surface area (Å²) in [5.74, 6) is 0.0783. The maximum atomic E-state index is 12.1. The molecule has 2 N–H and O–H groups in total. The van der Waals surface area contributed by atoms with Crippen molar-refractivity contribution in [3.05, 3.63) is 65.2 Å². The molecule has 0 aliphatic rings. The van der Waals surface area contributed by atoms with E-state index in [0.29, 0.717) is 13.0 Å². The molecule has 0 heterocycles. The van der Waals surface area contributed by atoms with Crippen molar-refractivity contribution in [3.8, 4) is 0 Å². The molecule has 0 saturated carbocycles. The van der Waals surface area contributed by atoms with Crippen LogP contribution >= 0.6 is 0 Å². The van der Waals surface area contributed by atoms with Crippen molar-refractivity contribution < 1.29 is 4.79 Å². The van der Waals surface area contributed by atoms with E-state index < -0.39 is 0 Å². The molecule has 0 saturated heterocycles. The maximum Gasteiger partial charge on any atom is 0.225 e. The summed E-state index contributed by atoms with van der Waals surface area (Å²) in [4.78, 5) is 12.1. The fourth-order valence-corrected chi connectivity index (χ4v) is 2.79. The van der Waals surface area contributed by atoms with Gasteiger partial charge in [0.05, 0.1) is 0 Å². The Kier molecular flexibility index (Phi) is 7.50. The first-order chi connectivity index (χ1) is 11.7. The first-order valence-electron chi connectivity index (χ1n) is 8.83. The van der Waals surface area contributed by atoms with Crippen LogP contribution in [-0.2, 0) is 17.6 Å². The van der Waals surface area contributed by atoms with Gasteiger partial charge in [-0.1, -0.05) is 55.5 Å². The molecular formula is C21H28N2O. The standard InChI is InChI=1S/C21H28N2O/c1-3-19-13-7-9-17(2)21(19)23-20(24)14-16-22-15-8-12-18-10-5-4-6-11-18/h4-7,9-11,13,22H,3,8,12,14-16H2,1-2H3,(H,23,24). The molecule has 0 fully saturated rings. The second kappa shape index (κ2) is 9.89. The Balaban J connectivity index is 1.65. The lowest BCUT2D eigenvalue weighted by Crippen LogP contribution is -2.23. The van der Waals surface area contributed by atoms with Crippen molar-refractivity contribution in [1.29, 1.82) is 0 Å². The molecular weight excluding hydrogens is 296 g/mol. The third-order valence-corrected chi connectivity index (χ3v) is 4.20. The Hall–Kier alpha value is -2.13. The number of aryl methyl sites for hydroxylation is 3. The quantitative estimate of drug-likeness (QED) is 0.682. The zero-order valence-corrected chi connectivity index (χ0v) is 14.8. The fraction of sp³-hybridized carbons (Fsp3) is 0.381. The van der Waals surface area contributed by atoms with E-state index in [0.717, 1.165) is 37.1 Å². The van der Waals surface area contributed by atoms with Gasteiger partial charge < -0.3 is 10.6 Å². The largest absolute Gasteiger partial charge is 0.326 e. The van der Waals surface area contributed by atoms with Crippen LogP contribution in [0.4, 0.5) is 5.69 Å². The van der Waals surface area contributed by atoms with Crippen LogP contribution in [-0.4, -0.2) is 19.0 Å². The number of nitrogens with one attached hydrogen (secondary N) is 2. The number of anilines is 1. The third-order valence-electron chi connectivity index (χ3n) is 4.20. The van der Waals surface area contributed by atoms with Crippen LogP contribution in [0.25, 0.3) is 0 Å². The molecule has 128 valence electrons. The molecule has 0 atom stereocenters. The molecule has 0 unspecified atom stereocenters. The molecule has 2 aromatic rings. The molecule has 3 nitrogen and oxygen atoms in total. The summed E-state index contributed by atoms with van der Waals surface area (Å²) in [6.07, 6.45) is 3.59. The maximum absolute atomic E-state index is 12.1. The third kappa shape index (κ3) is 5.82. The molecule has 24 heavy (non-hydrogen) atoms. The van der Waals surface area contributed by atoms with Crippen LogP contribution in [0.2, 0.25) is 0 Å². The van der Waals surface area contributed by atoms with Gasteiger partial charge in [0.25, 0.3) is 0 Å². The number of rotatable bonds is 9. The number of amides is 1. The average molecular weight is 324 g/mol. The first kappa shape index (κ1) is 18.2. The van der Waals surface area contributed by atoms with E-state index in [9.17, 15) is 4.79 Å². The summed E-state index contributed by atoms with van der Waals surface area (Å²) in [7, 11) is 0. The van der Waals surface area contributed by atoms with Gasteiger partial charge >= 0.3 is 0 Å². The molecule has 2 aromatic carbocycles. The van der Waals surface area contributed by atoms with Crippen molar-refractivity contribution in [3.63, 3.8) is 0 Å². The van der Waals surface area contributed by atoms with Gasteiger partial charge in [-0.15, -0.1) is 0 Å². The zero-order valence-electron chi connectivity index (χ0n) is 14.8. The second-order valence-electron chi connectivity index (χ2n) is 6.10. The van der Waals surface area contributed by atoms with E-state index in [1.54, 1.807) is 0 Å². The molecule has 2 rings (SSSR count). The van der Waals surface area contributed by atoms with Gasteiger partial charge in [-0.2, -0.15) is 0 Å². The van der Waals surface area contributed by atoms with Crippen LogP contribution in [0.3, 0.4) is 0 Å². The van der Waals surface area contributed by atoms with E-state index in [-0.39, 0.29) is 5.91 Å². The number of para-hydroxylation sites is 1. The monoisotopic (exact) mass is 324 g/mol. The Bertz CT molecular complexity index is 638. The molecule has 0 radical (unpaired) electrons. The predicted molar refractivity (Wildman–Crippen MR) is 101 cm³/mol. The predicted octanol–water partition coefficient (Wildman–Crippen LogP) is 4.11. The number of carbonyl (C=O) groups excluding carboxylic acids is 1. The molecule has 0 aliphatic carbocycles. The highest BCUT2D eigenvalue weighted by atomic mass is 16.1. The van der Waals surface area contributed by atoms with Gasteiger partial charge in [-0.3, -0.25) is 4.79 Å². The SMILES string of the molecule is CCc1cccc(C)c1NC(=O)CCNCCCc1ccccc1. The van der Waals surface area contributed by atoms with Crippen molar-refractivity contribution in [2.24, 2.45) is 0 Å². The Morgan fingerprint density at radius 3 is 2.54 bits per heavy atom. The van der Waals surface area contributed by atoms with E-state index in [1.807, 2.05) is 25.1 Å². The summed E-state index contributed by atoms with van der Waals surface area (Å²) in [6, 6.07) is 16.6. The van der Waals surface area contributed by atoms with Crippen molar-refractivity contribution in [1.82, 2.24) is 5.32 Å². The van der Waals surface area contributed by atoms with Gasteiger partial charge in [0.2, 0.25) is 5.91 Å². The molecule has 0 aromatic heterocycles. The summed E-state index contributed by atoms with van der Waals surface area (Å²) in [5, 5.41) is 6.42. The number of hydrogen-bond acceptors (Lipinski definition) is 2. The molecule has 1 amide bonds. The molecule has 0 bridgehead atoms. The van der Waals surface area contributed by atoms with Crippen molar-refractivity contribution in [2.45, 2.75) is 39.5 Å². The molecule has 3 heteroatoms. The highest BCUT2D eigenvalue weighted by Crippen LogP contribution is 2.21. The summed E-state index contributed by atoms with van der Waals surface area (Å²) < 4.78 is 0. The lowest BCUT2D eigenvalue weighted by atomic mass is 10.1. The minimum absolute atomic E-state index is 0.0783. The van der Waals surface area contributed by atoms with Gasteiger partial charge in [0, 0.05) is 18.7 Å². The van der Waals surface area contributed by atoms with E-state index >= 15 is 0 Å². The molecule has 0 aliphatic heterocycles. The van der Waals surface area contributed by atoms with Crippen LogP contribution in [0.5, 0.6) is 0 Å². The van der Waals surface area contributed by atoms with Gasteiger partial charge in [-0.05, 0) is 49.4 Å². The highest BCUT2D eigenvalue weighted by molar-refractivity contribution is 5.92. The minimum Gasteiger partial charge on any atom is -0.326 e. The highest BCUT2D eigenvalue weighted by Gasteiger charge is 2.08. The molecule has 0 spiro atoms. The van der Waals surface area contributed by atoms with Crippen LogP contribution < -0.4 is 10.6 Å². The summed E-state index contributed by atoms with van der Waals surface area (Å²) in [6.45, 7) is 5.80. The Labute approximate surface area is 145 Å².